The number of nitrogen functional groups attached to an aromatic ring is 1. The Bertz CT molecular complexity index is 439. The lowest BCUT2D eigenvalue weighted by molar-refractivity contribution is 0.0157. The van der Waals surface area contributed by atoms with Crippen molar-refractivity contribution >= 4 is 11.9 Å². The molecule has 21 heavy (non-hydrogen) atoms. The Balaban J connectivity index is 2.00. The molecule has 0 spiro atoms. The second kappa shape index (κ2) is 7.91. The van der Waals surface area contributed by atoms with Gasteiger partial charge in [-0.3, -0.25) is 5.43 Å². The third-order valence-electron chi connectivity index (χ3n) is 3.18. The van der Waals surface area contributed by atoms with E-state index in [1.165, 1.54) is 0 Å². The lowest BCUT2D eigenvalue weighted by Gasteiger charge is -2.31. The molecule has 9 heteroatoms. The monoisotopic (exact) mass is 298 g/mol. The Morgan fingerprint density at radius 2 is 2.10 bits per heavy atom. The van der Waals surface area contributed by atoms with Gasteiger partial charge in [0.1, 0.15) is 0 Å². The summed E-state index contributed by atoms with van der Waals surface area (Å²) in [5.74, 6) is 6.19. The summed E-state index contributed by atoms with van der Waals surface area (Å²) in [7, 11) is 0. The highest BCUT2D eigenvalue weighted by molar-refractivity contribution is 5.38. The van der Waals surface area contributed by atoms with E-state index >= 15 is 0 Å². The third-order valence-corrected chi connectivity index (χ3v) is 3.18. The molecule has 4 N–H and O–H groups in total. The summed E-state index contributed by atoms with van der Waals surface area (Å²) in [6.45, 7) is 4.32. The normalized spacial score (nSPS) is 16.0. The number of nitrogens with two attached hydrogens (primary N) is 1. The fraction of sp³-hybridized carbons (Fsp3) is 0.750. The maximum atomic E-state index is 8.77. The van der Waals surface area contributed by atoms with Crippen LogP contribution < -0.4 is 20.9 Å². The predicted octanol–water partition coefficient (Wildman–Crippen LogP) is -0.466. The molecule has 118 valence electrons. The van der Waals surface area contributed by atoms with Crippen LogP contribution in [0.2, 0.25) is 0 Å². The third kappa shape index (κ3) is 4.38. The fourth-order valence-electron chi connectivity index (χ4n) is 2.19. The van der Waals surface area contributed by atoms with E-state index < -0.39 is 0 Å². The van der Waals surface area contributed by atoms with Gasteiger partial charge in [-0.05, 0) is 19.8 Å². The van der Waals surface area contributed by atoms with Crippen molar-refractivity contribution in [2.75, 3.05) is 43.2 Å². The number of ether oxygens (including phenoxy) is 2. The van der Waals surface area contributed by atoms with E-state index in [0.717, 1.165) is 25.9 Å². The van der Waals surface area contributed by atoms with Gasteiger partial charge in [0.25, 0.3) is 0 Å². The maximum Gasteiger partial charge on any atom is 0.323 e. The fourth-order valence-corrected chi connectivity index (χ4v) is 2.19. The predicted molar refractivity (Wildman–Crippen MR) is 77.1 cm³/mol. The molecule has 1 aliphatic rings. The second-order valence-electron chi connectivity index (χ2n) is 4.60. The number of hydrogen-bond acceptors (Lipinski definition) is 9. The lowest BCUT2D eigenvalue weighted by atomic mass is 10.1. The molecule has 0 bridgehead atoms. The van der Waals surface area contributed by atoms with Gasteiger partial charge in [-0.25, -0.2) is 5.84 Å². The first-order valence-corrected chi connectivity index (χ1v) is 7.09. The molecule has 1 aliphatic heterocycles. The van der Waals surface area contributed by atoms with Gasteiger partial charge in [0, 0.05) is 13.1 Å². The molecule has 0 amide bonds. The number of rotatable bonds is 7. The van der Waals surface area contributed by atoms with Crippen LogP contribution in [-0.4, -0.2) is 59.1 Å². The molecule has 0 unspecified atom stereocenters. The highest BCUT2D eigenvalue weighted by atomic mass is 16.5. The molecule has 1 aromatic heterocycles. The number of aliphatic hydroxyl groups is 1. The lowest BCUT2D eigenvalue weighted by Crippen LogP contribution is -2.38. The number of nitrogens with one attached hydrogen (secondary N) is 1. The number of aromatic nitrogens is 3. The van der Waals surface area contributed by atoms with Gasteiger partial charge < -0.3 is 19.5 Å². The van der Waals surface area contributed by atoms with E-state index in [0.29, 0.717) is 19.2 Å². The Morgan fingerprint density at radius 1 is 1.33 bits per heavy atom. The topological polar surface area (TPSA) is 119 Å². The van der Waals surface area contributed by atoms with Crippen LogP contribution in [0.1, 0.15) is 19.8 Å². The largest absolute Gasteiger partial charge is 0.464 e. The summed E-state index contributed by atoms with van der Waals surface area (Å²) in [5, 5.41) is 8.77. The van der Waals surface area contributed by atoms with Crippen LogP contribution in [0.15, 0.2) is 0 Å². The standard InChI is InChI=1S/C12H22N6O3/c1-2-20-12-15-10(17-13)14-11(16-12)18-5-3-9(4-6-18)21-8-7-19/h9,19H,2-8,13H2,1H3,(H,14,15,16,17). The molecular formula is C12H22N6O3. The zero-order chi connectivity index (χ0) is 15.1. The Morgan fingerprint density at radius 3 is 2.71 bits per heavy atom. The van der Waals surface area contributed by atoms with Crippen LogP contribution in [0.4, 0.5) is 11.9 Å². The molecular weight excluding hydrogens is 276 g/mol. The van der Waals surface area contributed by atoms with Crippen LogP contribution in [0.5, 0.6) is 6.01 Å². The van der Waals surface area contributed by atoms with Crippen LogP contribution in [0.3, 0.4) is 0 Å². The van der Waals surface area contributed by atoms with Crippen LogP contribution in [-0.2, 0) is 4.74 Å². The van der Waals surface area contributed by atoms with Crippen molar-refractivity contribution in [3.05, 3.63) is 0 Å². The van der Waals surface area contributed by atoms with Crippen molar-refractivity contribution in [2.45, 2.75) is 25.9 Å². The van der Waals surface area contributed by atoms with E-state index in [1.807, 2.05) is 11.8 Å². The quantitative estimate of drug-likeness (QED) is 0.453. The number of hydrogen-bond donors (Lipinski definition) is 3. The Kier molecular flexibility index (Phi) is 5.90. The van der Waals surface area contributed by atoms with Gasteiger partial charge >= 0.3 is 6.01 Å². The second-order valence-corrected chi connectivity index (χ2v) is 4.60. The molecule has 0 aromatic carbocycles. The average Bonchev–Trinajstić information content (AvgIpc) is 2.53. The first kappa shape index (κ1) is 15.7. The van der Waals surface area contributed by atoms with Gasteiger partial charge in [0.2, 0.25) is 11.9 Å². The highest BCUT2D eigenvalue weighted by Gasteiger charge is 2.22. The number of hydrazine groups is 1. The van der Waals surface area contributed by atoms with Crippen LogP contribution in [0, 0.1) is 0 Å². The Hall–Kier alpha value is -1.71. The van der Waals surface area contributed by atoms with Crippen LogP contribution >= 0.6 is 0 Å². The minimum Gasteiger partial charge on any atom is -0.464 e. The maximum absolute atomic E-state index is 8.77. The molecule has 1 fully saturated rings. The zero-order valence-corrected chi connectivity index (χ0v) is 12.2. The minimum absolute atomic E-state index is 0.0525. The first-order chi connectivity index (χ1) is 10.3. The summed E-state index contributed by atoms with van der Waals surface area (Å²) >= 11 is 0. The van der Waals surface area contributed by atoms with Crippen LogP contribution in [0.25, 0.3) is 0 Å². The molecule has 9 nitrogen and oxygen atoms in total. The van der Waals surface area contributed by atoms with Gasteiger partial charge in [-0.1, -0.05) is 0 Å². The molecule has 0 radical (unpaired) electrons. The molecule has 2 heterocycles. The number of piperidine rings is 1. The summed E-state index contributed by atoms with van der Waals surface area (Å²) in [6.07, 6.45) is 1.90. The molecule has 0 atom stereocenters. The van der Waals surface area contributed by atoms with Gasteiger partial charge in [0.15, 0.2) is 0 Å². The van der Waals surface area contributed by atoms with Gasteiger partial charge in [-0.15, -0.1) is 0 Å². The van der Waals surface area contributed by atoms with Crippen molar-refractivity contribution in [1.82, 2.24) is 15.0 Å². The van der Waals surface area contributed by atoms with E-state index in [-0.39, 0.29) is 24.7 Å². The summed E-state index contributed by atoms with van der Waals surface area (Å²) in [6, 6.07) is 0.258. The molecule has 0 aliphatic carbocycles. The molecule has 2 rings (SSSR count). The van der Waals surface area contributed by atoms with Crippen molar-refractivity contribution in [1.29, 1.82) is 0 Å². The SMILES string of the molecule is CCOc1nc(NN)nc(N2CCC(OCCO)CC2)n1. The number of nitrogens with zero attached hydrogens (tertiary/aromatic N) is 4. The average molecular weight is 298 g/mol. The zero-order valence-electron chi connectivity index (χ0n) is 12.2. The Labute approximate surface area is 123 Å². The molecule has 0 saturated carbocycles. The summed E-state index contributed by atoms with van der Waals surface area (Å²) in [5.41, 5.74) is 2.42. The number of anilines is 2. The van der Waals surface area contributed by atoms with Crippen molar-refractivity contribution in [3.63, 3.8) is 0 Å². The van der Waals surface area contributed by atoms with E-state index in [4.69, 9.17) is 20.4 Å². The van der Waals surface area contributed by atoms with Gasteiger partial charge in [-0.2, -0.15) is 15.0 Å². The summed E-state index contributed by atoms with van der Waals surface area (Å²) < 4.78 is 10.9. The van der Waals surface area contributed by atoms with Crippen molar-refractivity contribution in [2.24, 2.45) is 5.84 Å². The highest BCUT2D eigenvalue weighted by Crippen LogP contribution is 2.20. The van der Waals surface area contributed by atoms with Crippen molar-refractivity contribution < 1.29 is 14.6 Å². The first-order valence-electron chi connectivity index (χ1n) is 7.09. The van der Waals surface area contributed by atoms with Crippen molar-refractivity contribution in [3.8, 4) is 6.01 Å². The molecule has 1 aromatic rings. The van der Waals surface area contributed by atoms with E-state index in [9.17, 15) is 0 Å². The number of aliphatic hydroxyl groups excluding tert-OH is 1. The van der Waals surface area contributed by atoms with E-state index in [2.05, 4.69) is 20.4 Å². The minimum atomic E-state index is 0.0525. The van der Waals surface area contributed by atoms with Gasteiger partial charge in [0.05, 0.1) is 25.9 Å². The summed E-state index contributed by atoms with van der Waals surface area (Å²) in [4.78, 5) is 14.6. The smallest absolute Gasteiger partial charge is 0.323 e. The van der Waals surface area contributed by atoms with E-state index in [1.54, 1.807) is 0 Å². The molecule has 1 saturated heterocycles.